The van der Waals surface area contributed by atoms with E-state index in [4.69, 9.17) is 9.47 Å². The van der Waals surface area contributed by atoms with Gasteiger partial charge in [-0.25, -0.2) is 0 Å². The van der Waals surface area contributed by atoms with Crippen molar-refractivity contribution in [2.45, 2.75) is 44.2 Å². The highest BCUT2D eigenvalue weighted by atomic mass is 16.7. The predicted molar refractivity (Wildman–Crippen MR) is 42.2 cm³/mol. The maximum atomic E-state index is 5.57. The summed E-state index contributed by atoms with van der Waals surface area (Å²) >= 11 is 0. The van der Waals surface area contributed by atoms with Crippen LogP contribution in [0.15, 0.2) is 12.7 Å². The highest BCUT2D eigenvalue weighted by Crippen LogP contribution is 2.31. The molecule has 2 atom stereocenters. The molecule has 0 aromatic carbocycles. The van der Waals surface area contributed by atoms with Crippen LogP contribution in [0.3, 0.4) is 0 Å². The molecule has 1 aliphatic heterocycles. The third-order valence-corrected chi connectivity index (χ3v) is 2.45. The minimum atomic E-state index is -0.136. The van der Waals surface area contributed by atoms with E-state index < -0.39 is 0 Å². The minimum Gasteiger partial charge on any atom is -0.343 e. The zero-order chi connectivity index (χ0) is 7.68. The lowest BCUT2D eigenvalue weighted by atomic mass is 9.95. The van der Waals surface area contributed by atoms with Gasteiger partial charge < -0.3 is 9.47 Å². The Hall–Kier alpha value is -0.340. The summed E-state index contributed by atoms with van der Waals surface area (Å²) < 4.78 is 11.1. The Labute approximate surface area is 67.2 Å². The van der Waals surface area contributed by atoms with Crippen LogP contribution in [0, 0.1) is 0 Å². The second-order valence-electron chi connectivity index (χ2n) is 3.24. The van der Waals surface area contributed by atoms with E-state index in [1.807, 2.05) is 0 Å². The van der Waals surface area contributed by atoms with Crippen LogP contribution < -0.4 is 0 Å². The Bertz CT molecular complexity index is 142. The van der Waals surface area contributed by atoms with Crippen molar-refractivity contribution in [2.24, 2.45) is 0 Å². The van der Waals surface area contributed by atoms with E-state index in [1.165, 1.54) is 12.8 Å². The summed E-state index contributed by atoms with van der Waals surface area (Å²) in [5.74, 6) is 0. The quantitative estimate of drug-likeness (QED) is 0.537. The van der Waals surface area contributed by atoms with Gasteiger partial charge in [0, 0.05) is 0 Å². The van der Waals surface area contributed by atoms with Gasteiger partial charge in [-0.1, -0.05) is 19.4 Å². The van der Waals surface area contributed by atoms with Crippen molar-refractivity contribution in [1.29, 1.82) is 0 Å². The van der Waals surface area contributed by atoms with Crippen molar-refractivity contribution in [3.63, 3.8) is 0 Å². The maximum Gasteiger partial charge on any atom is 0.177 e. The standard InChI is InChI=1S/C9H14O2/c1-2-9-10-7-5-3-4-6-8(7)11-9/h2,7-9H,1,3-6H2. The lowest BCUT2D eigenvalue weighted by Gasteiger charge is -2.21. The molecule has 1 aliphatic carbocycles. The van der Waals surface area contributed by atoms with Gasteiger partial charge in [-0.2, -0.15) is 0 Å². The van der Waals surface area contributed by atoms with Gasteiger partial charge in [0.2, 0.25) is 0 Å². The fourth-order valence-electron chi connectivity index (χ4n) is 1.86. The molecule has 1 heterocycles. The van der Waals surface area contributed by atoms with Gasteiger partial charge >= 0.3 is 0 Å². The fourth-order valence-corrected chi connectivity index (χ4v) is 1.86. The molecule has 2 rings (SSSR count). The Balaban J connectivity index is 1.97. The van der Waals surface area contributed by atoms with Crippen LogP contribution in [-0.2, 0) is 9.47 Å². The topological polar surface area (TPSA) is 18.5 Å². The molecule has 11 heavy (non-hydrogen) atoms. The predicted octanol–water partition coefficient (Wildman–Crippen LogP) is 1.86. The highest BCUT2D eigenvalue weighted by molar-refractivity contribution is 4.87. The third-order valence-electron chi connectivity index (χ3n) is 2.45. The number of hydrogen-bond donors (Lipinski definition) is 0. The average molecular weight is 154 g/mol. The van der Waals surface area contributed by atoms with Crippen molar-refractivity contribution < 1.29 is 9.47 Å². The summed E-state index contributed by atoms with van der Waals surface area (Å²) in [6.45, 7) is 3.65. The molecule has 0 N–H and O–H groups in total. The van der Waals surface area contributed by atoms with E-state index >= 15 is 0 Å². The molecule has 2 unspecified atom stereocenters. The highest BCUT2D eigenvalue weighted by Gasteiger charge is 2.35. The van der Waals surface area contributed by atoms with Crippen molar-refractivity contribution >= 4 is 0 Å². The SMILES string of the molecule is C=CC1OC2CCCCC2O1. The Morgan fingerprint density at radius 2 is 1.64 bits per heavy atom. The van der Waals surface area contributed by atoms with Gasteiger partial charge in [0.25, 0.3) is 0 Å². The Kier molecular flexibility index (Phi) is 1.96. The zero-order valence-electron chi connectivity index (χ0n) is 6.66. The Morgan fingerprint density at radius 3 is 2.09 bits per heavy atom. The fraction of sp³-hybridized carbons (Fsp3) is 0.778. The molecule has 0 radical (unpaired) electrons. The van der Waals surface area contributed by atoms with Crippen LogP contribution in [0.2, 0.25) is 0 Å². The molecule has 2 aliphatic rings. The molecule has 0 aromatic heterocycles. The van der Waals surface area contributed by atoms with Crippen LogP contribution in [0.25, 0.3) is 0 Å². The zero-order valence-corrected chi connectivity index (χ0v) is 6.66. The molecule has 2 heteroatoms. The first kappa shape index (κ1) is 7.32. The second-order valence-corrected chi connectivity index (χ2v) is 3.24. The van der Waals surface area contributed by atoms with Crippen LogP contribution >= 0.6 is 0 Å². The molecule has 1 saturated heterocycles. The lowest BCUT2D eigenvalue weighted by Crippen LogP contribution is -2.25. The van der Waals surface area contributed by atoms with Crippen LogP contribution in [0.4, 0.5) is 0 Å². The van der Waals surface area contributed by atoms with Crippen LogP contribution in [0.1, 0.15) is 25.7 Å². The van der Waals surface area contributed by atoms with E-state index in [-0.39, 0.29) is 6.29 Å². The largest absolute Gasteiger partial charge is 0.343 e. The third kappa shape index (κ3) is 1.33. The van der Waals surface area contributed by atoms with E-state index in [0.29, 0.717) is 12.2 Å². The van der Waals surface area contributed by atoms with Gasteiger partial charge in [-0.15, -0.1) is 0 Å². The molecule has 0 spiro atoms. The molecule has 1 saturated carbocycles. The van der Waals surface area contributed by atoms with Crippen molar-refractivity contribution in [1.82, 2.24) is 0 Å². The van der Waals surface area contributed by atoms with Crippen molar-refractivity contribution in [3.8, 4) is 0 Å². The normalized spacial score (nSPS) is 43.5. The molecule has 0 bridgehead atoms. The average Bonchev–Trinajstić information content (AvgIpc) is 2.46. The van der Waals surface area contributed by atoms with E-state index in [0.717, 1.165) is 12.8 Å². The minimum absolute atomic E-state index is 0.136. The van der Waals surface area contributed by atoms with Gasteiger partial charge in [-0.3, -0.25) is 0 Å². The first-order valence-corrected chi connectivity index (χ1v) is 4.33. The molecule has 2 fully saturated rings. The molecule has 62 valence electrons. The first-order chi connectivity index (χ1) is 5.40. The van der Waals surface area contributed by atoms with E-state index in [2.05, 4.69) is 6.58 Å². The monoisotopic (exact) mass is 154 g/mol. The maximum absolute atomic E-state index is 5.57. The van der Waals surface area contributed by atoms with E-state index in [9.17, 15) is 0 Å². The first-order valence-electron chi connectivity index (χ1n) is 4.33. The van der Waals surface area contributed by atoms with Crippen LogP contribution in [-0.4, -0.2) is 18.5 Å². The Morgan fingerprint density at radius 1 is 1.09 bits per heavy atom. The summed E-state index contributed by atoms with van der Waals surface area (Å²) in [7, 11) is 0. The number of fused-ring (bicyclic) bond motifs is 1. The number of hydrogen-bond acceptors (Lipinski definition) is 2. The number of ether oxygens (including phenoxy) is 2. The second kappa shape index (κ2) is 2.95. The van der Waals surface area contributed by atoms with Gasteiger partial charge in [-0.05, 0) is 18.9 Å². The summed E-state index contributed by atoms with van der Waals surface area (Å²) in [5.41, 5.74) is 0. The summed E-state index contributed by atoms with van der Waals surface area (Å²) in [5, 5.41) is 0. The van der Waals surface area contributed by atoms with Crippen molar-refractivity contribution in [3.05, 3.63) is 12.7 Å². The molecule has 0 amide bonds. The number of rotatable bonds is 1. The van der Waals surface area contributed by atoms with Gasteiger partial charge in [0.05, 0.1) is 12.2 Å². The molecule has 0 aromatic rings. The summed E-state index contributed by atoms with van der Waals surface area (Å²) in [4.78, 5) is 0. The summed E-state index contributed by atoms with van der Waals surface area (Å²) in [6, 6.07) is 0. The van der Waals surface area contributed by atoms with Crippen LogP contribution in [0.5, 0.6) is 0 Å². The molecular formula is C9H14O2. The summed E-state index contributed by atoms with van der Waals surface area (Å²) in [6.07, 6.45) is 7.20. The molecule has 2 nitrogen and oxygen atoms in total. The van der Waals surface area contributed by atoms with E-state index in [1.54, 1.807) is 6.08 Å². The molecular weight excluding hydrogens is 140 g/mol. The van der Waals surface area contributed by atoms with Gasteiger partial charge in [0.1, 0.15) is 0 Å². The van der Waals surface area contributed by atoms with Crippen molar-refractivity contribution in [2.75, 3.05) is 0 Å². The smallest absolute Gasteiger partial charge is 0.177 e. The van der Waals surface area contributed by atoms with Gasteiger partial charge in [0.15, 0.2) is 6.29 Å². The lowest BCUT2D eigenvalue weighted by molar-refractivity contribution is -0.0271.